The van der Waals surface area contributed by atoms with Crippen molar-refractivity contribution < 1.29 is 4.39 Å². The number of halogens is 1. The Labute approximate surface area is 105 Å². The second-order valence-electron chi connectivity index (χ2n) is 4.66. The number of rotatable bonds is 3. The van der Waals surface area contributed by atoms with Crippen molar-refractivity contribution in [1.29, 1.82) is 0 Å². The van der Waals surface area contributed by atoms with Crippen molar-refractivity contribution >= 4 is 5.69 Å². The van der Waals surface area contributed by atoms with Crippen LogP contribution in [0.1, 0.15) is 26.8 Å². The number of nitrogens with two attached hydrogens (primary N) is 1. The SMILES string of the molecule is CC(C)C(C)n1nnnc1-c1cc(F)ccc1N. The summed E-state index contributed by atoms with van der Waals surface area (Å²) in [4.78, 5) is 0. The minimum absolute atomic E-state index is 0.109. The third kappa shape index (κ3) is 2.18. The van der Waals surface area contributed by atoms with Gasteiger partial charge in [0.05, 0.1) is 6.04 Å². The van der Waals surface area contributed by atoms with Crippen LogP contribution in [0, 0.1) is 11.7 Å². The van der Waals surface area contributed by atoms with Crippen molar-refractivity contribution in [3.8, 4) is 11.4 Å². The first-order chi connectivity index (χ1) is 8.50. The van der Waals surface area contributed by atoms with E-state index in [1.54, 1.807) is 4.68 Å². The van der Waals surface area contributed by atoms with Gasteiger partial charge in [-0.2, -0.15) is 0 Å². The van der Waals surface area contributed by atoms with Gasteiger partial charge in [0.2, 0.25) is 0 Å². The summed E-state index contributed by atoms with van der Waals surface area (Å²) < 4.78 is 15.0. The third-order valence-electron chi connectivity index (χ3n) is 3.10. The number of benzene rings is 1. The fourth-order valence-electron chi connectivity index (χ4n) is 1.65. The zero-order valence-electron chi connectivity index (χ0n) is 10.6. The standard InChI is InChI=1S/C12H16FN5/c1-7(2)8(3)18-12(15-16-17-18)10-6-9(13)4-5-11(10)14/h4-8H,14H2,1-3H3. The third-order valence-corrected chi connectivity index (χ3v) is 3.10. The van der Waals surface area contributed by atoms with Crippen LogP contribution in [0.2, 0.25) is 0 Å². The van der Waals surface area contributed by atoms with Crippen molar-refractivity contribution in [1.82, 2.24) is 20.2 Å². The second kappa shape index (κ2) is 4.72. The van der Waals surface area contributed by atoms with Crippen LogP contribution in [-0.2, 0) is 0 Å². The van der Waals surface area contributed by atoms with Gasteiger partial charge in [-0.05, 0) is 41.5 Å². The molecule has 2 rings (SSSR count). The normalized spacial score (nSPS) is 12.9. The average Bonchev–Trinajstić information content (AvgIpc) is 2.80. The first-order valence-electron chi connectivity index (χ1n) is 5.84. The molecule has 1 aromatic heterocycles. The van der Waals surface area contributed by atoms with E-state index in [1.807, 2.05) is 6.92 Å². The van der Waals surface area contributed by atoms with Gasteiger partial charge in [-0.15, -0.1) is 5.10 Å². The first-order valence-corrected chi connectivity index (χ1v) is 5.84. The van der Waals surface area contributed by atoms with Gasteiger partial charge in [0.25, 0.3) is 0 Å². The highest BCUT2D eigenvalue weighted by atomic mass is 19.1. The van der Waals surface area contributed by atoms with Crippen molar-refractivity contribution in [2.45, 2.75) is 26.8 Å². The Bertz CT molecular complexity index is 549. The van der Waals surface area contributed by atoms with E-state index in [2.05, 4.69) is 29.4 Å². The molecule has 1 unspecified atom stereocenters. The Balaban J connectivity index is 2.52. The highest BCUT2D eigenvalue weighted by Gasteiger charge is 2.19. The summed E-state index contributed by atoms with van der Waals surface area (Å²) in [5.41, 5.74) is 6.83. The van der Waals surface area contributed by atoms with E-state index in [-0.39, 0.29) is 11.9 Å². The molecule has 1 atom stereocenters. The van der Waals surface area contributed by atoms with E-state index in [0.29, 0.717) is 23.0 Å². The van der Waals surface area contributed by atoms with Crippen LogP contribution in [0.25, 0.3) is 11.4 Å². The molecular weight excluding hydrogens is 233 g/mol. The monoisotopic (exact) mass is 249 g/mol. The maximum atomic E-state index is 13.3. The summed E-state index contributed by atoms with van der Waals surface area (Å²) >= 11 is 0. The fraction of sp³-hybridized carbons (Fsp3) is 0.417. The quantitative estimate of drug-likeness (QED) is 0.847. The maximum Gasteiger partial charge on any atom is 0.184 e. The molecule has 0 saturated carbocycles. The van der Waals surface area contributed by atoms with Gasteiger partial charge in [0, 0.05) is 11.3 Å². The second-order valence-corrected chi connectivity index (χ2v) is 4.66. The lowest BCUT2D eigenvalue weighted by atomic mass is 10.1. The van der Waals surface area contributed by atoms with E-state index in [0.717, 1.165) is 0 Å². The molecular formula is C12H16FN5. The molecule has 0 aliphatic heterocycles. The molecule has 0 radical (unpaired) electrons. The lowest BCUT2D eigenvalue weighted by Crippen LogP contribution is -2.15. The van der Waals surface area contributed by atoms with Crippen molar-refractivity contribution in [3.05, 3.63) is 24.0 Å². The minimum atomic E-state index is -0.356. The van der Waals surface area contributed by atoms with Gasteiger partial charge in [-0.25, -0.2) is 9.07 Å². The lowest BCUT2D eigenvalue weighted by Gasteiger charge is -2.17. The predicted octanol–water partition coefficient (Wildman–Crippen LogP) is 2.28. The molecule has 0 spiro atoms. The van der Waals surface area contributed by atoms with Gasteiger partial charge in [0.15, 0.2) is 5.82 Å². The predicted molar refractivity (Wildman–Crippen MR) is 67.2 cm³/mol. The Kier molecular flexibility index (Phi) is 3.27. The molecule has 0 saturated heterocycles. The molecule has 1 aromatic carbocycles. The zero-order chi connectivity index (χ0) is 13.3. The topological polar surface area (TPSA) is 69.6 Å². The molecule has 0 aliphatic carbocycles. The number of nitrogens with zero attached hydrogens (tertiary/aromatic N) is 4. The van der Waals surface area contributed by atoms with Crippen molar-refractivity contribution in [2.24, 2.45) is 5.92 Å². The van der Waals surface area contributed by atoms with Crippen LogP contribution in [0.4, 0.5) is 10.1 Å². The molecule has 0 amide bonds. The number of tetrazole rings is 1. The molecule has 18 heavy (non-hydrogen) atoms. The van der Waals surface area contributed by atoms with Crippen LogP contribution in [0.5, 0.6) is 0 Å². The van der Waals surface area contributed by atoms with E-state index in [4.69, 9.17) is 5.73 Å². The van der Waals surface area contributed by atoms with Gasteiger partial charge < -0.3 is 5.73 Å². The van der Waals surface area contributed by atoms with E-state index in [9.17, 15) is 4.39 Å². The summed E-state index contributed by atoms with van der Waals surface area (Å²) in [6.07, 6.45) is 0. The Hall–Kier alpha value is -1.98. The number of anilines is 1. The van der Waals surface area contributed by atoms with Crippen molar-refractivity contribution in [3.63, 3.8) is 0 Å². The van der Waals surface area contributed by atoms with Gasteiger partial charge in [-0.3, -0.25) is 0 Å². The summed E-state index contributed by atoms with van der Waals surface area (Å²) in [6.45, 7) is 6.16. The minimum Gasteiger partial charge on any atom is -0.398 e. The Morgan fingerprint density at radius 3 is 2.67 bits per heavy atom. The number of nitrogen functional groups attached to an aromatic ring is 1. The average molecular weight is 249 g/mol. The molecule has 2 aromatic rings. The van der Waals surface area contributed by atoms with Gasteiger partial charge >= 0.3 is 0 Å². The van der Waals surface area contributed by atoms with Gasteiger partial charge in [0.1, 0.15) is 5.82 Å². The fourth-order valence-corrected chi connectivity index (χ4v) is 1.65. The molecule has 1 heterocycles. The summed E-state index contributed by atoms with van der Waals surface area (Å²) in [5, 5.41) is 11.6. The Morgan fingerprint density at radius 1 is 1.28 bits per heavy atom. The Morgan fingerprint density at radius 2 is 2.00 bits per heavy atom. The van der Waals surface area contributed by atoms with E-state index >= 15 is 0 Å². The summed E-state index contributed by atoms with van der Waals surface area (Å²) in [5.74, 6) is 0.501. The molecule has 5 nitrogen and oxygen atoms in total. The van der Waals surface area contributed by atoms with Crippen LogP contribution in [0.15, 0.2) is 18.2 Å². The molecule has 0 aliphatic rings. The van der Waals surface area contributed by atoms with Crippen LogP contribution in [-0.4, -0.2) is 20.2 Å². The maximum absolute atomic E-state index is 13.3. The first kappa shape index (κ1) is 12.5. The molecule has 0 bridgehead atoms. The number of aromatic nitrogens is 4. The van der Waals surface area contributed by atoms with Crippen LogP contribution in [0.3, 0.4) is 0 Å². The van der Waals surface area contributed by atoms with Crippen LogP contribution < -0.4 is 5.73 Å². The van der Waals surface area contributed by atoms with E-state index in [1.165, 1.54) is 18.2 Å². The highest BCUT2D eigenvalue weighted by Crippen LogP contribution is 2.27. The largest absolute Gasteiger partial charge is 0.398 e. The molecule has 0 fully saturated rings. The van der Waals surface area contributed by atoms with Gasteiger partial charge in [-0.1, -0.05) is 13.8 Å². The highest BCUT2D eigenvalue weighted by molar-refractivity contribution is 5.71. The van der Waals surface area contributed by atoms with E-state index < -0.39 is 0 Å². The zero-order valence-corrected chi connectivity index (χ0v) is 10.6. The van der Waals surface area contributed by atoms with Crippen molar-refractivity contribution in [2.75, 3.05) is 5.73 Å². The lowest BCUT2D eigenvalue weighted by molar-refractivity contribution is 0.371. The molecule has 2 N–H and O–H groups in total. The number of hydrogen-bond donors (Lipinski definition) is 1. The molecule has 6 heteroatoms. The molecule has 96 valence electrons. The van der Waals surface area contributed by atoms with Crippen LogP contribution >= 0.6 is 0 Å². The summed E-state index contributed by atoms with van der Waals surface area (Å²) in [6, 6.07) is 4.30. The smallest absolute Gasteiger partial charge is 0.184 e. The summed E-state index contributed by atoms with van der Waals surface area (Å²) in [7, 11) is 0. The number of hydrogen-bond acceptors (Lipinski definition) is 4.